The Morgan fingerprint density at radius 2 is 1.76 bits per heavy atom. The standard InChI is InChI=1S/C15H19ClN4O/c1-3-9-21-15-19-13(16)18-14(20-15)17-10-12-7-5-11(4-2)6-8-12/h5-8H,3-4,9-10H2,1-2H3,(H,17,18,19,20). The summed E-state index contributed by atoms with van der Waals surface area (Å²) in [7, 11) is 0. The zero-order chi connectivity index (χ0) is 15.1. The molecule has 0 aliphatic carbocycles. The fourth-order valence-corrected chi connectivity index (χ4v) is 1.90. The molecule has 0 saturated carbocycles. The van der Waals surface area contributed by atoms with Gasteiger partial charge in [-0.3, -0.25) is 0 Å². The van der Waals surface area contributed by atoms with E-state index in [0.29, 0.717) is 19.1 Å². The van der Waals surface area contributed by atoms with Gasteiger partial charge in [0.1, 0.15) is 0 Å². The maximum atomic E-state index is 5.87. The van der Waals surface area contributed by atoms with Crippen molar-refractivity contribution in [3.05, 3.63) is 40.7 Å². The van der Waals surface area contributed by atoms with Gasteiger partial charge in [0.25, 0.3) is 0 Å². The van der Waals surface area contributed by atoms with E-state index < -0.39 is 0 Å². The zero-order valence-electron chi connectivity index (χ0n) is 12.3. The third-order valence-corrected chi connectivity index (χ3v) is 3.07. The van der Waals surface area contributed by atoms with Gasteiger partial charge < -0.3 is 10.1 Å². The lowest BCUT2D eigenvalue weighted by molar-refractivity contribution is 0.291. The Bertz CT molecular complexity index is 574. The van der Waals surface area contributed by atoms with Gasteiger partial charge in [0.15, 0.2) is 0 Å². The van der Waals surface area contributed by atoms with E-state index in [0.717, 1.165) is 18.4 Å². The second-order valence-electron chi connectivity index (χ2n) is 4.58. The predicted octanol–water partition coefficient (Wildman–Crippen LogP) is 3.49. The van der Waals surface area contributed by atoms with Gasteiger partial charge in [-0.25, -0.2) is 0 Å². The molecule has 0 fully saturated rings. The van der Waals surface area contributed by atoms with Crippen LogP contribution in [0.2, 0.25) is 5.28 Å². The molecule has 6 heteroatoms. The minimum absolute atomic E-state index is 0.125. The highest BCUT2D eigenvalue weighted by Gasteiger charge is 2.05. The van der Waals surface area contributed by atoms with E-state index in [1.54, 1.807) is 0 Å². The van der Waals surface area contributed by atoms with Gasteiger partial charge in [-0.2, -0.15) is 15.0 Å². The van der Waals surface area contributed by atoms with Crippen LogP contribution in [0, 0.1) is 0 Å². The van der Waals surface area contributed by atoms with Crippen molar-refractivity contribution in [3.63, 3.8) is 0 Å². The fourth-order valence-electron chi connectivity index (χ4n) is 1.74. The van der Waals surface area contributed by atoms with Crippen LogP contribution < -0.4 is 10.1 Å². The summed E-state index contributed by atoms with van der Waals surface area (Å²) in [6.45, 7) is 5.33. The molecular weight excluding hydrogens is 288 g/mol. The molecule has 0 bridgehead atoms. The van der Waals surface area contributed by atoms with Crippen molar-refractivity contribution < 1.29 is 4.74 Å². The number of hydrogen-bond donors (Lipinski definition) is 1. The van der Waals surface area contributed by atoms with Gasteiger partial charge in [-0.05, 0) is 35.6 Å². The highest BCUT2D eigenvalue weighted by molar-refractivity contribution is 6.28. The van der Waals surface area contributed by atoms with Crippen LogP contribution in [-0.2, 0) is 13.0 Å². The molecule has 0 saturated heterocycles. The van der Waals surface area contributed by atoms with Crippen molar-refractivity contribution >= 4 is 17.5 Å². The molecule has 1 aromatic heterocycles. The largest absolute Gasteiger partial charge is 0.463 e. The van der Waals surface area contributed by atoms with Crippen molar-refractivity contribution in [2.45, 2.75) is 33.2 Å². The summed E-state index contributed by atoms with van der Waals surface area (Å²) in [6, 6.07) is 8.66. The summed E-state index contributed by atoms with van der Waals surface area (Å²) in [5.41, 5.74) is 2.47. The molecule has 5 nitrogen and oxygen atoms in total. The van der Waals surface area contributed by atoms with Crippen molar-refractivity contribution in [2.24, 2.45) is 0 Å². The van der Waals surface area contributed by atoms with Crippen molar-refractivity contribution in [1.29, 1.82) is 0 Å². The fraction of sp³-hybridized carbons (Fsp3) is 0.400. The molecule has 0 atom stereocenters. The van der Waals surface area contributed by atoms with Crippen molar-refractivity contribution in [1.82, 2.24) is 15.0 Å². The summed E-state index contributed by atoms with van der Waals surface area (Å²) in [4.78, 5) is 12.2. The Hall–Kier alpha value is -1.88. The van der Waals surface area contributed by atoms with Crippen LogP contribution in [0.15, 0.2) is 24.3 Å². The SMILES string of the molecule is CCCOc1nc(Cl)nc(NCc2ccc(CC)cc2)n1. The lowest BCUT2D eigenvalue weighted by Gasteiger charge is -2.08. The quantitative estimate of drug-likeness (QED) is 0.848. The molecule has 1 heterocycles. The summed E-state index contributed by atoms with van der Waals surface area (Å²) in [5.74, 6) is 0.417. The number of aromatic nitrogens is 3. The van der Waals surface area contributed by atoms with E-state index in [2.05, 4.69) is 51.5 Å². The van der Waals surface area contributed by atoms with Crippen LogP contribution >= 0.6 is 11.6 Å². The molecule has 21 heavy (non-hydrogen) atoms. The number of rotatable bonds is 7. The number of benzene rings is 1. The maximum absolute atomic E-state index is 5.87. The molecule has 0 aliphatic rings. The van der Waals surface area contributed by atoms with E-state index in [-0.39, 0.29) is 11.3 Å². The van der Waals surface area contributed by atoms with Crippen LogP contribution in [0.4, 0.5) is 5.95 Å². The number of aryl methyl sites for hydroxylation is 1. The molecule has 0 spiro atoms. The summed E-state index contributed by atoms with van der Waals surface area (Å²) in [6.07, 6.45) is 1.92. The molecule has 2 rings (SSSR count). The minimum Gasteiger partial charge on any atom is -0.463 e. The average Bonchev–Trinajstić information content (AvgIpc) is 2.51. The topological polar surface area (TPSA) is 59.9 Å². The highest BCUT2D eigenvalue weighted by Crippen LogP contribution is 2.13. The molecule has 0 unspecified atom stereocenters. The predicted molar refractivity (Wildman–Crippen MR) is 83.8 cm³/mol. The molecule has 1 N–H and O–H groups in total. The number of halogens is 1. The first-order chi connectivity index (χ1) is 10.2. The lowest BCUT2D eigenvalue weighted by atomic mass is 10.1. The van der Waals surface area contributed by atoms with Crippen LogP contribution in [0.5, 0.6) is 6.01 Å². The molecular formula is C15H19ClN4O. The first kappa shape index (κ1) is 15.5. The molecule has 0 aliphatic heterocycles. The van der Waals surface area contributed by atoms with Gasteiger partial charge >= 0.3 is 6.01 Å². The number of hydrogen-bond acceptors (Lipinski definition) is 5. The van der Waals surface area contributed by atoms with Crippen molar-refractivity contribution in [2.75, 3.05) is 11.9 Å². The van der Waals surface area contributed by atoms with E-state index in [1.807, 2.05) is 6.92 Å². The average molecular weight is 307 g/mol. The second kappa shape index (κ2) is 7.78. The number of ether oxygens (including phenoxy) is 1. The lowest BCUT2D eigenvalue weighted by Crippen LogP contribution is -2.07. The van der Waals surface area contributed by atoms with E-state index in [4.69, 9.17) is 16.3 Å². The Balaban J connectivity index is 1.99. The van der Waals surface area contributed by atoms with Gasteiger partial charge in [-0.15, -0.1) is 0 Å². The third-order valence-electron chi connectivity index (χ3n) is 2.90. The zero-order valence-corrected chi connectivity index (χ0v) is 13.0. The van der Waals surface area contributed by atoms with Gasteiger partial charge in [-0.1, -0.05) is 38.1 Å². The van der Waals surface area contributed by atoms with E-state index in [1.165, 1.54) is 5.56 Å². The van der Waals surface area contributed by atoms with E-state index >= 15 is 0 Å². The number of nitrogens with one attached hydrogen (secondary N) is 1. The number of anilines is 1. The van der Waals surface area contributed by atoms with E-state index in [9.17, 15) is 0 Å². The van der Waals surface area contributed by atoms with Crippen molar-refractivity contribution in [3.8, 4) is 6.01 Å². The van der Waals surface area contributed by atoms with Crippen LogP contribution in [0.1, 0.15) is 31.4 Å². The minimum atomic E-state index is 0.125. The smallest absolute Gasteiger partial charge is 0.322 e. The Labute approximate surface area is 129 Å². The summed E-state index contributed by atoms with van der Waals surface area (Å²) < 4.78 is 5.37. The normalized spacial score (nSPS) is 10.4. The first-order valence-electron chi connectivity index (χ1n) is 7.07. The third kappa shape index (κ3) is 4.86. The molecule has 2 aromatic rings. The van der Waals surface area contributed by atoms with Gasteiger partial charge in [0.05, 0.1) is 6.61 Å². The first-order valence-corrected chi connectivity index (χ1v) is 7.45. The maximum Gasteiger partial charge on any atom is 0.322 e. The molecule has 112 valence electrons. The van der Waals surface area contributed by atoms with Gasteiger partial charge in [0.2, 0.25) is 11.2 Å². The highest BCUT2D eigenvalue weighted by atomic mass is 35.5. The monoisotopic (exact) mass is 306 g/mol. The Morgan fingerprint density at radius 3 is 2.43 bits per heavy atom. The summed E-state index contributed by atoms with van der Waals surface area (Å²) >= 11 is 5.87. The molecule has 1 aromatic carbocycles. The second-order valence-corrected chi connectivity index (χ2v) is 4.92. The van der Waals surface area contributed by atoms with Crippen LogP contribution in [0.3, 0.4) is 0 Å². The van der Waals surface area contributed by atoms with Crippen LogP contribution in [0.25, 0.3) is 0 Å². The summed E-state index contributed by atoms with van der Waals surface area (Å²) in [5, 5.41) is 3.25. The Kier molecular flexibility index (Phi) is 5.75. The van der Waals surface area contributed by atoms with Crippen LogP contribution in [-0.4, -0.2) is 21.6 Å². The molecule has 0 amide bonds. The van der Waals surface area contributed by atoms with Gasteiger partial charge in [0, 0.05) is 6.54 Å². The Morgan fingerprint density at radius 1 is 1.05 bits per heavy atom. The molecule has 0 radical (unpaired) electrons. The number of nitrogens with zero attached hydrogens (tertiary/aromatic N) is 3.